The monoisotopic (exact) mass is 680 g/mol. The zero-order chi connectivity index (χ0) is 34.2. The van der Waals surface area contributed by atoms with E-state index >= 15 is 0 Å². The van der Waals surface area contributed by atoms with E-state index in [1.807, 2.05) is 18.2 Å². The quantitative estimate of drug-likeness (QED) is 0.186. The van der Waals surface area contributed by atoms with Crippen molar-refractivity contribution in [2.45, 2.75) is 0 Å². The van der Waals surface area contributed by atoms with Crippen LogP contribution < -0.4 is 0 Å². The van der Waals surface area contributed by atoms with E-state index in [1.165, 1.54) is 47.2 Å². The molecule has 242 valence electrons. The summed E-state index contributed by atoms with van der Waals surface area (Å²) in [4.78, 5) is 15.5. The van der Waals surface area contributed by atoms with Gasteiger partial charge in [0.1, 0.15) is 0 Å². The van der Waals surface area contributed by atoms with E-state index < -0.39 is 0 Å². The molecular weight excluding hydrogens is 653 g/mol. The van der Waals surface area contributed by atoms with Gasteiger partial charge in [-0.15, -0.1) is 11.3 Å². The number of para-hydroxylation sites is 1. The second-order valence-corrected chi connectivity index (χ2v) is 14.3. The molecule has 0 atom stereocenters. The van der Waals surface area contributed by atoms with Crippen LogP contribution >= 0.6 is 11.3 Å². The Morgan fingerprint density at radius 3 is 1.85 bits per heavy atom. The number of rotatable bonds is 4. The van der Waals surface area contributed by atoms with E-state index in [0.29, 0.717) is 17.5 Å². The zero-order valence-electron chi connectivity index (χ0n) is 27.9. The Bertz CT molecular complexity index is 3190. The second kappa shape index (κ2) is 11.4. The summed E-state index contributed by atoms with van der Waals surface area (Å²) in [6.07, 6.45) is 0. The molecule has 0 aliphatic carbocycles. The number of benzene rings is 8. The highest BCUT2D eigenvalue weighted by atomic mass is 32.1. The number of aromatic nitrogens is 4. The van der Waals surface area contributed by atoms with E-state index in [1.54, 1.807) is 11.3 Å². The van der Waals surface area contributed by atoms with E-state index in [0.717, 1.165) is 38.7 Å². The highest BCUT2D eigenvalue weighted by Gasteiger charge is 2.19. The van der Waals surface area contributed by atoms with Crippen LogP contribution in [0.3, 0.4) is 0 Å². The first-order chi connectivity index (χ1) is 25.8. The van der Waals surface area contributed by atoms with Crippen LogP contribution in [-0.4, -0.2) is 19.5 Å². The lowest BCUT2D eigenvalue weighted by Gasteiger charge is -2.15. The number of thiophene rings is 1. The molecule has 0 aliphatic rings. The van der Waals surface area contributed by atoms with Crippen molar-refractivity contribution in [1.29, 1.82) is 0 Å². The molecule has 0 aliphatic heterocycles. The molecule has 8 aromatic carbocycles. The van der Waals surface area contributed by atoms with Crippen LogP contribution in [0.25, 0.3) is 103 Å². The van der Waals surface area contributed by atoms with Crippen molar-refractivity contribution < 1.29 is 0 Å². The number of hydrogen-bond donors (Lipinski definition) is 0. The maximum Gasteiger partial charge on any atom is 0.164 e. The van der Waals surface area contributed by atoms with Gasteiger partial charge in [0.05, 0.1) is 16.7 Å². The molecule has 0 bridgehead atoms. The molecular formula is C47H28N4S. The summed E-state index contributed by atoms with van der Waals surface area (Å²) >= 11 is 1.80. The molecule has 0 spiro atoms. The summed E-state index contributed by atoms with van der Waals surface area (Å²) in [5.41, 5.74) is 6.27. The summed E-state index contributed by atoms with van der Waals surface area (Å²) in [5.74, 6) is 1.94. The third-order valence-corrected chi connectivity index (χ3v) is 11.3. The number of fused-ring (bicyclic) bond motifs is 9. The summed E-state index contributed by atoms with van der Waals surface area (Å²) in [6, 6.07) is 60.3. The molecule has 3 heterocycles. The van der Waals surface area contributed by atoms with Gasteiger partial charge in [-0.2, -0.15) is 0 Å². The van der Waals surface area contributed by atoms with Gasteiger partial charge in [0.2, 0.25) is 0 Å². The van der Waals surface area contributed by atoms with Crippen molar-refractivity contribution in [3.8, 4) is 39.9 Å². The Kier molecular flexibility index (Phi) is 6.39. The van der Waals surface area contributed by atoms with Gasteiger partial charge in [-0.3, -0.25) is 0 Å². The summed E-state index contributed by atoms with van der Waals surface area (Å²) in [5, 5.41) is 9.78. The van der Waals surface area contributed by atoms with Crippen LogP contribution in [0, 0.1) is 0 Å². The van der Waals surface area contributed by atoms with Gasteiger partial charge >= 0.3 is 0 Å². The first-order valence-electron chi connectivity index (χ1n) is 17.4. The minimum absolute atomic E-state index is 0.638. The van der Waals surface area contributed by atoms with Gasteiger partial charge in [-0.1, -0.05) is 133 Å². The lowest BCUT2D eigenvalue weighted by molar-refractivity contribution is 1.07. The predicted molar refractivity (Wildman–Crippen MR) is 218 cm³/mol. The number of hydrogen-bond acceptors (Lipinski definition) is 4. The number of nitrogens with zero attached hydrogens (tertiary/aromatic N) is 4. The minimum Gasteiger partial charge on any atom is -0.309 e. The van der Waals surface area contributed by atoms with E-state index in [9.17, 15) is 0 Å². The van der Waals surface area contributed by atoms with Gasteiger partial charge in [0, 0.05) is 53.0 Å². The summed E-state index contributed by atoms with van der Waals surface area (Å²) in [7, 11) is 0. The molecule has 52 heavy (non-hydrogen) atoms. The van der Waals surface area contributed by atoms with Gasteiger partial charge in [-0.05, 0) is 52.6 Å². The van der Waals surface area contributed by atoms with Gasteiger partial charge in [0.25, 0.3) is 0 Å². The van der Waals surface area contributed by atoms with Crippen LogP contribution in [0.2, 0.25) is 0 Å². The largest absolute Gasteiger partial charge is 0.309 e. The molecule has 3 aromatic heterocycles. The van der Waals surface area contributed by atoms with E-state index in [4.69, 9.17) is 15.0 Å². The Morgan fingerprint density at radius 2 is 1.00 bits per heavy atom. The van der Waals surface area contributed by atoms with Crippen LogP contribution in [0.15, 0.2) is 170 Å². The smallest absolute Gasteiger partial charge is 0.164 e. The van der Waals surface area contributed by atoms with Crippen LogP contribution in [0.5, 0.6) is 0 Å². The third kappa shape index (κ3) is 4.50. The van der Waals surface area contributed by atoms with Gasteiger partial charge < -0.3 is 4.57 Å². The standard InChI is InChI=1S/C47H28N4S/c1-2-13-30(14-3-1)45-48-46(32-22-24-37-36-18-9-11-21-42(36)52-43(37)28-32)50-47(49-45)33-26-31-15-5-6-16-34(31)41(27-33)51-39-20-10-8-19-38(39)44-35-17-7-4-12-29(35)23-25-40(44)51/h1-28H. The van der Waals surface area contributed by atoms with Crippen molar-refractivity contribution in [2.24, 2.45) is 0 Å². The van der Waals surface area contributed by atoms with Gasteiger partial charge in [0.15, 0.2) is 17.5 Å². The lowest BCUT2D eigenvalue weighted by atomic mass is 10.0. The lowest BCUT2D eigenvalue weighted by Crippen LogP contribution is -2.02. The molecule has 4 nitrogen and oxygen atoms in total. The topological polar surface area (TPSA) is 43.6 Å². The minimum atomic E-state index is 0.638. The molecule has 11 rings (SSSR count). The fourth-order valence-corrected chi connectivity index (χ4v) is 8.96. The van der Waals surface area contributed by atoms with Crippen LogP contribution in [-0.2, 0) is 0 Å². The Hall–Kier alpha value is -6.69. The average Bonchev–Trinajstić information content (AvgIpc) is 3.76. The molecule has 5 heteroatoms. The molecule has 0 saturated heterocycles. The van der Waals surface area contributed by atoms with Crippen molar-refractivity contribution in [1.82, 2.24) is 19.5 Å². The van der Waals surface area contributed by atoms with E-state index in [2.05, 4.69) is 156 Å². The van der Waals surface area contributed by atoms with Gasteiger partial charge in [-0.25, -0.2) is 15.0 Å². The van der Waals surface area contributed by atoms with Crippen LogP contribution in [0.1, 0.15) is 0 Å². The predicted octanol–water partition coefficient (Wildman–Crippen LogP) is 12.6. The first-order valence-corrected chi connectivity index (χ1v) is 18.3. The Balaban J connectivity index is 1.18. The zero-order valence-corrected chi connectivity index (χ0v) is 28.7. The molecule has 11 aromatic rings. The normalized spacial score (nSPS) is 11.8. The van der Waals surface area contributed by atoms with Crippen molar-refractivity contribution >= 4 is 74.9 Å². The second-order valence-electron chi connectivity index (χ2n) is 13.2. The maximum absolute atomic E-state index is 5.23. The first kappa shape index (κ1) is 29.1. The van der Waals surface area contributed by atoms with Crippen molar-refractivity contribution in [2.75, 3.05) is 0 Å². The molecule has 0 fully saturated rings. The maximum atomic E-state index is 5.23. The summed E-state index contributed by atoms with van der Waals surface area (Å²) in [6.45, 7) is 0. The SMILES string of the molecule is c1ccc(-c2nc(-c3cc(-n4c5ccccc5c5c6ccccc6ccc54)c4ccccc4c3)nc(-c3ccc4c(c3)sc3ccccc34)n2)cc1. The molecule has 0 amide bonds. The Labute approximate surface area is 302 Å². The fraction of sp³-hybridized carbons (Fsp3) is 0. The highest BCUT2D eigenvalue weighted by Crippen LogP contribution is 2.40. The van der Waals surface area contributed by atoms with E-state index in [-0.39, 0.29) is 0 Å². The molecule has 0 saturated carbocycles. The Morgan fingerprint density at radius 1 is 0.365 bits per heavy atom. The molecule has 0 unspecified atom stereocenters. The molecule has 0 N–H and O–H groups in total. The fourth-order valence-electron chi connectivity index (χ4n) is 7.82. The molecule has 0 radical (unpaired) electrons. The van der Waals surface area contributed by atoms with Crippen molar-refractivity contribution in [3.63, 3.8) is 0 Å². The highest BCUT2D eigenvalue weighted by molar-refractivity contribution is 7.25. The third-order valence-electron chi connectivity index (χ3n) is 10.2. The van der Waals surface area contributed by atoms with Crippen molar-refractivity contribution in [3.05, 3.63) is 170 Å². The van der Waals surface area contributed by atoms with Crippen LogP contribution in [0.4, 0.5) is 0 Å². The summed E-state index contributed by atoms with van der Waals surface area (Å²) < 4.78 is 4.91. The average molecular weight is 681 g/mol.